The van der Waals surface area contributed by atoms with Crippen molar-refractivity contribution in [1.82, 2.24) is 5.01 Å². The molecule has 3 aromatic rings. The first-order chi connectivity index (χ1) is 20.0. The average Bonchev–Trinajstić information content (AvgIpc) is 3.23. The molecule has 3 aromatic carbocycles. The molecule has 2 amide bonds. The number of nitrogens with zero attached hydrogens (tertiary/aromatic N) is 5. The van der Waals surface area contributed by atoms with Gasteiger partial charge in [-0.2, -0.15) is 10.1 Å². The quantitative estimate of drug-likeness (QED) is 0.181. The number of hydrogen-bond donors (Lipinski definition) is 1. The van der Waals surface area contributed by atoms with Crippen LogP contribution < -0.4 is 10.1 Å². The second-order valence-electron chi connectivity index (χ2n) is 9.10. The summed E-state index contributed by atoms with van der Waals surface area (Å²) in [7, 11) is 0. The molecule has 1 unspecified atom stereocenters. The van der Waals surface area contributed by atoms with Crippen molar-refractivity contribution >= 4 is 57.2 Å². The summed E-state index contributed by atoms with van der Waals surface area (Å²) < 4.78 is 5.46. The van der Waals surface area contributed by atoms with Gasteiger partial charge in [-0.1, -0.05) is 17.8 Å². The van der Waals surface area contributed by atoms with Gasteiger partial charge in [-0.25, -0.2) is 4.99 Å². The van der Waals surface area contributed by atoms with Crippen LogP contribution in [0.1, 0.15) is 31.4 Å². The molecule has 1 saturated heterocycles. The normalized spacial score (nSPS) is 16.0. The van der Waals surface area contributed by atoms with Gasteiger partial charge in [0.05, 0.1) is 27.9 Å². The molecule has 0 spiro atoms. The summed E-state index contributed by atoms with van der Waals surface area (Å²) in [5.74, 6) is -0.453. The Morgan fingerprint density at radius 2 is 1.74 bits per heavy atom. The second-order valence-corrected chi connectivity index (χ2v) is 10.3. The summed E-state index contributed by atoms with van der Waals surface area (Å²) in [6.07, 6.45) is -0.292. The molecule has 1 fully saturated rings. The fourth-order valence-corrected chi connectivity index (χ4v) is 5.03. The number of anilines is 1. The second kappa shape index (κ2) is 13.0. The van der Waals surface area contributed by atoms with E-state index >= 15 is 0 Å². The number of aliphatic imine (C=N–C) groups is 1. The Bertz CT molecular complexity index is 1590. The van der Waals surface area contributed by atoms with Gasteiger partial charge in [0.15, 0.2) is 5.17 Å². The van der Waals surface area contributed by atoms with Gasteiger partial charge in [0.2, 0.25) is 5.91 Å². The lowest BCUT2D eigenvalue weighted by atomic mass is 10.1. The van der Waals surface area contributed by atoms with E-state index in [4.69, 9.17) is 4.74 Å². The number of carbonyl (C=O) groups is 2. The molecule has 1 aliphatic heterocycles. The Labute approximate surface area is 244 Å². The molecule has 1 aliphatic rings. The Kier molecular flexibility index (Phi) is 9.27. The molecular formula is C28H26N6O7S. The van der Waals surface area contributed by atoms with Gasteiger partial charge in [-0.05, 0) is 74.4 Å². The highest BCUT2D eigenvalue weighted by molar-refractivity contribution is 8.15. The van der Waals surface area contributed by atoms with Crippen molar-refractivity contribution in [2.75, 3.05) is 11.9 Å². The summed E-state index contributed by atoms with van der Waals surface area (Å²) in [5, 5.41) is 29.9. The molecule has 0 aromatic heterocycles. The minimum atomic E-state index is -0.913. The number of aryl methyl sites for hydroxylation is 1. The van der Waals surface area contributed by atoms with Crippen molar-refractivity contribution in [3.05, 3.63) is 98.1 Å². The van der Waals surface area contributed by atoms with Crippen molar-refractivity contribution in [3.8, 4) is 5.75 Å². The highest BCUT2D eigenvalue weighted by Crippen LogP contribution is 2.34. The van der Waals surface area contributed by atoms with Gasteiger partial charge >= 0.3 is 0 Å². The largest absolute Gasteiger partial charge is 0.494 e. The molecule has 1 atom stereocenters. The molecule has 216 valence electrons. The summed E-state index contributed by atoms with van der Waals surface area (Å²) in [6.45, 7) is 5.71. The molecule has 1 N–H and O–H groups in total. The van der Waals surface area contributed by atoms with Crippen molar-refractivity contribution in [2.24, 2.45) is 10.1 Å². The van der Waals surface area contributed by atoms with Gasteiger partial charge < -0.3 is 10.1 Å². The highest BCUT2D eigenvalue weighted by atomic mass is 32.2. The SMILES string of the molecule is CCOc1ccc(N=C2SC(CC(=O)Nc3ccc(C)cc3[N+](=O)[O-])C(=O)N2/N=C(/C)c2ccc([N+](=O)[O-])cc2)cc1. The number of amidine groups is 1. The van der Waals surface area contributed by atoms with Crippen LogP contribution >= 0.6 is 11.8 Å². The molecule has 0 bridgehead atoms. The zero-order valence-corrected chi connectivity index (χ0v) is 23.7. The molecule has 0 aliphatic carbocycles. The van der Waals surface area contributed by atoms with Crippen LogP contribution in [0.3, 0.4) is 0 Å². The summed E-state index contributed by atoms with van der Waals surface area (Å²) >= 11 is 1.04. The first-order valence-corrected chi connectivity index (χ1v) is 13.6. The molecule has 0 saturated carbocycles. The van der Waals surface area contributed by atoms with E-state index in [1.54, 1.807) is 44.2 Å². The van der Waals surface area contributed by atoms with E-state index in [0.29, 0.717) is 34.9 Å². The molecule has 42 heavy (non-hydrogen) atoms. The molecule has 13 nitrogen and oxygen atoms in total. The van der Waals surface area contributed by atoms with E-state index < -0.39 is 26.9 Å². The number of hydrazone groups is 1. The minimum Gasteiger partial charge on any atom is -0.494 e. The van der Waals surface area contributed by atoms with Gasteiger partial charge in [0, 0.05) is 24.6 Å². The lowest BCUT2D eigenvalue weighted by Crippen LogP contribution is -2.30. The third-order valence-electron chi connectivity index (χ3n) is 6.03. The lowest BCUT2D eigenvalue weighted by Gasteiger charge is -2.12. The third kappa shape index (κ3) is 7.14. The lowest BCUT2D eigenvalue weighted by molar-refractivity contribution is -0.384. The molecule has 0 radical (unpaired) electrons. The molecule has 4 rings (SSSR count). The number of carbonyl (C=O) groups excluding carboxylic acids is 2. The van der Waals surface area contributed by atoms with Crippen molar-refractivity contribution in [1.29, 1.82) is 0 Å². The van der Waals surface area contributed by atoms with E-state index in [1.165, 1.54) is 36.4 Å². The standard InChI is InChI=1S/C28H26N6O7S/c1-4-41-22-12-8-20(9-13-22)29-28-32(31-18(3)19-6-10-21(11-7-19)33(37)38)27(36)25(42-28)16-26(35)30-23-14-5-17(2)15-24(23)34(39)40/h5-15,25H,4,16H2,1-3H3,(H,30,35)/b29-28?,31-18-. The number of nitro benzene ring substituents is 2. The number of nitrogens with one attached hydrogen (secondary N) is 1. The smallest absolute Gasteiger partial charge is 0.293 e. The van der Waals surface area contributed by atoms with Crippen LogP contribution in [0.15, 0.2) is 76.8 Å². The van der Waals surface area contributed by atoms with E-state index in [0.717, 1.165) is 16.8 Å². The number of thioether (sulfide) groups is 1. The number of ether oxygens (including phenoxy) is 1. The topological polar surface area (TPSA) is 170 Å². The monoisotopic (exact) mass is 590 g/mol. The van der Waals surface area contributed by atoms with Gasteiger partial charge in [0.25, 0.3) is 17.3 Å². The number of benzene rings is 3. The van der Waals surface area contributed by atoms with Crippen molar-refractivity contribution in [3.63, 3.8) is 0 Å². The number of hydrogen-bond acceptors (Lipinski definition) is 10. The summed E-state index contributed by atoms with van der Waals surface area (Å²) in [6, 6.07) is 17.0. The van der Waals surface area contributed by atoms with E-state index in [-0.39, 0.29) is 28.7 Å². The summed E-state index contributed by atoms with van der Waals surface area (Å²) in [5.41, 5.74) is 1.80. The van der Waals surface area contributed by atoms with Crippen LogP contribution in [0, 0.1) is 27.2 Å². The zero-order valence-electron chi connectivity index (χ0n) is 22.8. The van der Waals surface area contributed by atoms with Gasteiger partial charge in [-0.3, -0.25) is 29.8 Å². The van der Waals surface area contributed by atoms with Crippen LogP contribution in [0.25, 0.3) is 0 Å². The van der Waals surface area contributed by atoms with Crippen LogP contribution in [0.2, 0.25) is 0 Å². The zero-order chi connectivity index (χ0) is 30.4. The molecule has 14 heteroatoms. The molecular weight excluding hydrogens is 564 g/mol. The van der Waals surface area contributed by atoms with Crippen molar-refractivity contribution < 1.29 is 24.2 Å². The van der Waals surface area contributed by atoms with Gasteiger partial charge in [0.1, 0.15) is 16.7 Å². The van der Waals surface area contributed by atoms with Gasteiger partial charge in [-0.15, -0.1) is 0 Å². The third-order valence-corrected chi connectivity index (χ3v) is 7.15. The van der Waals surface area contributed by atoms with Crippen LogP contribution in [0.5, 0.6) is 5.75 Å². The number of nitro groups is 2. The van der Waals surface area contributed by atoms with Crippen LogP contribution in [-0.2, 0) is 9.59 Å². The Morgan fingerprint density at radius 3 is 2.36 bits per heavy atom. The average molecular weight is 591 g/mol. The predicted octanol–water partition coefficient (Wildman–Crippen LogP) is 5.59. The maximum Gasteiger partial charge on any atom is 0.293 e. The van der Waals surface area contributed by atoms with E-state index in [2.05, 4.69) is 15.4 Å². The Hall–Kier alpha value is -5.11. The predicted molar refractivity (Wildman–Crippen MR) is 159 cm³/mol. The number of non-ortho nitro benzene ring substituents is 1. The molecule has 1 heterocycles. The van der Waals surface area contributed by atoms with Crippen LogP contribution in [-0.4, -0.2) is 49.4 Å². The maximum atomic E-state index is 13.5. The Morgan fingerprint density at radius 1 is 1.05 bits per heavy atom. The number of amides is 2. The van der Waals surface area contributed by atoms with E-state index in [9.17, 15) is 29.8 Å². The number of rotatable bonds is 10. The highest BCUT2D eigenvalue weighted by Gasteiger charge is 2.40. The van der Waals surface area contributed by atoms with Crippen LogP contribution in [0.4, 0.5) is 22.7 Å². The van der Waals surface area contributed by atoms with E-state index in [1.807, 2.05) is 6.92 Å². The summed E-state index contributed by atoms with van der Waals surface area (Å²) in [4.78, 5) is 52.3. The Balaban J connectivity index is 1.61. The fourth-order valence-electron chi connectivity index (χ4n) is 3.95. The fraction of sp³-hybridized carbons (Fsp3) is 0.214. The maximum absolute atomic E-state index is 13.5. The first-order valence-electron chi connectivity index (χ1n) is 12.7. The minimum absolute atomic E-state index is 0.0261. The first kappa shape index (κ1) is 29.9. The van der Waals surface area contributed by atoms with Crippen molar-refractivity contribution in [2.45, 2.75) is 32.4 Å².